The Hall–Kier alpha value is -4.00. The van der Waals surface area contributed by atoms with E-state index in [4.69, 9.17) is 4.74 Å². The molecular formula is C22H18N6O. The van der Waals surface area contributed by atoms with Gasteiger partial charge in [0.2, 0.25) is 5.88 Å². The topological polar surface area (TPSA) is 84.9 Å². The number of pyridine rings is 2. The van der Waals surface area contributed by atoms with E-state index < -0.39 is 0 Å². The average molecular weight is 382 g/mol. The van der Waals surface area contributed by atoms with Gasteiger partial charge in [0, 0.05) is 29.8 Å². The van der Waals surface area contributed by atoms with Crippen molar-refractivity contribution in [1.29, 1.82) is 0 Å². The number of benzene rings is 1. The molecule has 1 aliphatic rings. The first kappa shape index (κ1) is 17.1. The van der Waals surface area contributed by atoms with E-state index in [-0.39, 0.29) is 0 Å². The number of ether oxygens (including phenoxy) is 1. The van der Waals surface area contributed by atoms with Crippen molar-refractivity contribution >= 4 is 33.8 Å². The Bertz CT molecular complexity index is 1220. The minimum atomic E-state index is 0.565. The smallest absolute Gasteiger partial charge is 0.213 e. The van der Waals surface area contributed by atoms with Gasteiger partial charge in [0.1, 0.15) is 18.0 Å². The lowest BCUT2D eigenvalue weighted by Gasteiger charge is -2.19. The zero-order chi connectivity index (χ0) is 19.6. The Morgan fingerprint density at radius 1 is 1.03 bits per heavy atom. The number of nitrogens with zero attached hydrogens (tertiary/aromatic N) is 4. The largest absolute Gasteiger partial charge is 0.481 e. The molecule has 0 fully saturated rings. The molecule has 1 aromatic carbocycles. The Morgan fingerprint density at radius 2 is 2.00 bits per heavy atom. The molecule has 0 aliphatic carbocycles. The van der Waals surface area contributed by atoms with Crippen molar-refractivity contribution in [2.24, 2.45) is 0 Å². The first-order chi connectivity index (χ1) is 14.3. The summed E-state index contributed by atoms with van der Waals surface area (Å²) >= 11 is 0. The summed E-state index contributed by atoms with van der Waals surface area (Å²) < 4.78 is 5.12. The molecule has 0 atom stereocenters. The van der Waals surface area contributed by atoms with E-state index in [2.05, 4.69) is 54.8 Å². The van der Waals surface area contributed by atoms with Crippen molar-refractivity contribution in [1.82, 2.24) is 19.9 Å². The third kappa shape index (κ3) is 3.23. The van der Waals surface area contributed by atoms with Gasteiger partial charge in [-0.1, -0.05) is 12.1 Å². The van der Waals surface area contributed by atoms with Crippen LogP contribution in [0.4, 0.5) is 17.3 Å². The third-order valence-electron chi connectivity index (χ3n) is 4.83. The van der Waals surface area contributed by atoms with Crippen molar-refractivity contribution in [3.8, 4) is 5.88 Å². The lowest BCUT2D eigenvalue weighted by atomic mass is 9.95. The molecule has 142 valence electrons. The molecular weight excluding hydrogens is 364 g/mol. The van der Waals surface area contributed by atoms with Crippen LogP contribution < -0.4 is 15.4 Å². The standard InChI is InChI=1S/C22H18N6O/c1-29-20-7-5-15(12-25-20)28-22-18-11-14(4-6-19(18)26-13-27-22)16-8-10-24-21-17(16)3-2-9-23-21/h2-9,11-13H,10H2,1H3,(H,23,24)(H,26,27,28). The monoisotopic (exact) mass is 382 g/mol. The molecule has 0 spiro atoms. The molecule has 4 heterocycles. The molecule has 4 aromatic rings. The highest BCUT2D eigenvalue weighted by molar-refractivity contribution is 5.96. The van der Waals surface area contributed by atoms with E-state index in [0.29, 0.717) is 5.88 Å². The quantitative estimate of drug-likeness (QED) is 0.551. The maximum atomic E-state index is 5.12. The summed E-state index contributed by atoms with van der Waals surface area (Å²) in [6.45, 7) is 0.741. The van der Waals surface area contributed by atoms with Gasteiger partial charge in [-0.3, -0.25) is 0 Å². The molecule has 29 heavy (non-hydrogen) atoms. The Balaban J connectivity index is 1.56. The van der Waals surface area contributed by atoms with Crippen LogP contribution >= 0.6 is 0 Å². The first-order valence-electron chi connectivity index (χ1n) is 9.23. The van der Waals surface area contributed by atoms with Crippen LogP contribution in [0.15, 0.2) is 67.3 Å². The van der Waals surface area contributed by atoms with Gasteiger partial charge < -0.3 is 15.4 Å². The SMILES string of the molecule is COc1ccc(Nc2ncnc3ccc(C4=CCNc5ncccc54)cc23)cn1. The predicted octanol–water partition coefficient (Wildman–Crippen LogP) is 4.03. The van der Waals surface area contributed by atoms with Gasteiger partial charge in [-0.2, -0.15) is 0 Å². The summed E-state index contributed by atoms with van der Waals surface area (Å²) in [5, 5.41) is 7.58. The minimum Gasteiger partial charge on any atom is -0.481 e. The number of aromatic nitrogens is 4. The molecule has 0 radical (unpaired) electrons. The molecule has 7 heteroatoms. The molecule has 0 saturated heterocycles. The number of nitrogens with one attached hydrogen (secondary N) is 2. The van der Waals surface area contributed by atoms with Crippen molar-refractivity contribution in [2.45, 2.75) is 0 Å². The lowest BCUT2D eigenvalue weighted by molar-refractivity contribution is 0.398. The molecule has 1 aliphatic heterocycles. The highest BCUT2D eigenvalue weighted by atomic mass is 16.5. The number of hydrogen-bond acceptors (Lipinski definition) is 7. The molecule has 7 nitrogen and oxygen atoms in total. The van der Waals surface area contributed by atoms with E-state index in [1.54, 1.807) is 31.9 Å². The Morgan fingerprint density at radius 3 is 2.86 bits per heavy atom. The zero-order valence-electron chi connectivity index (χ0n) is 15.8. The van der Waals surface area contributed by atoms with Crippen LogP contribution in [-0.2, 0) is 0 Å². The van der Waals surface area contributed by atoms with Gasteiger partial charge in [-0.25, -0.2) is 19.9 Å². The van der Waals surface area contributed by atoms with Crippen molar-refractivity contribution in [2.75, 3.05) is 24.3 Å². The van der Waals surface area contributed by atoms with Crippen LogP contribution in [0.5, 0.6) is 5.88 Å². The second-order valence-corrected chi connectivity index (χ2v) is 6.57. The normalized spacial score (nSPS) is 12.7. The van der Waals surface area contributed by atoms with Gasteiger partial charge in [-0.05, 0) is 41.5 Å². The van der Waals surface area contributed by atoms with Crippen LogP contribution in [-0.4, -0.2) is 33.6 Å². The zero-order valence-corrected chi connectivity index (χ0v) is 15.8. The highest BCUT2D eigenvalue weighted by Crippen LogP contribution is 2.33. The fourth-order valence-electron chi connectivity index (χ4n) is 3.43. The molecule has 0 saturated carbocycles. The van der Waals surface area contributed by atoms with E-state index in [0.717, 1.165) is 51.5 Å². The van der Waals surface area contributed by atoms with Crippen LogP contribution in [0.2, 0.25) is 0 Å². The van der Waals surface area contributed by atoms with Crippen LogP contribution in [0.3, 0.4) is 0 Å². The summed E-state index contributed by atoms with van der Waals surface area (Å²) in [4.78, 5) is 17.5. The molecule has 3 aromatic heterocycles. The predicted molar refractivity (Wildman–Crippen MR) is 113 cm³/mol. The molecule has 2 N–H and O–H groups in total. The van der Waals surface area contributed by atoms with E-state index >= 15 is 0 Å². The highest BCUT2D eigenvalue weighted by Gasteiger charge is 2.15. The maximum absolute atomic E-state index is 5.12. The van der Waals surface area contributed by atoms with Crippen molar-refractivity contribution in [3.63, 3.8) is 0 Å². The van der Waals surface area contributed by atoms with E-state index in [9.17, 15) is 0 Å². The Kier molecular flexibility index (Phi) is 4.25. The van der Waals surface area contributed by atoms with E-state index in [1.165, 1.54) is 0 Å². The third-order valence-corrected chi connectivity index (χ3v) is 4.83. The first-order valence-corrected chi connectivity index (χ1v) is 9.23. The fourth-order valence-corrected chi connectivity index (χ4v) is 3.43. The van der Waals surface area contributed by atoms with Gasteiger partial charge in [0.15, 0.2) is 0 Å². The van der Waals surface area contributed by atoms with Crippen LogP contribution in [0.1, 0.15) is 11.1 Å². The lowest BCUT2D eigenvalue weighted by Crippen LogP contribution is -2.10. The summed E-state index contributed by atoms with van der Waals surface area (Å²) in [6, 6.07) is 14.0. The van der Waals surface area contributed by atoms with Crippen LogP contribution in [0.25, 0.3) is 16.5 Å². The summed E-state index contributed by atoms with van der Waals surface area (Å²) in [7, 11) is 1.60. The summed E-state index contributed by atoms with van der Waals surface area (Å²) in [5.74, 6) is 2.19. The van der Waals surface area contributed by atoms with Gasteiger partial charge in [-0.15, -0.1) is 0 Å². The second-order valence-electron chi connectivity index (χ2n) is 6.57. The van der Waals surface area contributed by atoms with Gasteiger partial charge in [0.25, 0.3) is 0 Å². The minimum absolute atomic E-state index is 0.565. The number of rotatable bonds is 4. The van der Waals surface area contributed by atoms with Crippen LogP contribution in [0, 0.1) is 0 Å². The molecule has 0 unspecified atom stereocenters. The molecule has 0 bridgehead atoms. The summed E-state index contributed by atoms with van der Waals surface area (Å²) in [6.07, 6.45) is 7.25. The number of fused-ring (bicyclic) bond motifs is 2. The molecule has 0 amide bonds. The number of hydrogen-bond donors (Lipinski definition) is 2. The van der Waals surface area contributed by atoms with E-state index in [1.807, 2.05) is 18.2 Å². The van der Waals surface area contributed by atoms with Gasteiger partial charge >= 0.3 is 0 Å². The molecule has 5 rings (SSSR count). The average Bonchev–Trinajstić information content (AvgIpc) is 2.79. The number of methoxy groups -OCH3 is 1. The fraction of sp³-hybridized carbons (Fsp3) is 0.0909. The number of anilines is 3. The second kappa shape index (κ2) is 7.20. The maximum Gasteiger partial charge on any atom is 0.213 e. The van der Waals surface area contributed by atoms with Gasteiger partial charge in [0.05, 0.1) is 24.5 Å². The summed E-state index contributed by atoms with van der Waals surface area (Å²) in [5.41, 5.74) is 5.03. The van der Waals surface area contributed by atoms with Crippen molar-refractivity contribution < 1.29 is 4.74 Å². The Labute approximate surface area is 167 Å². The van der Waals surface area contributed by atoms with Crippen molar-refractivity contribution in [3.05, 3.63) is 78.4 Å².